The van der Waals surface area contributed by atoms with Gasteiger partial charge in [0.2, 0.25) is 0 Å². The van der Waals surface area contributed by atoms with Gasteiger partial charge in [0, 0.05) is 10.7 Å². The zero-order valence-corrected chi connectivity index (χ0v) is 19.3. The van der Waals surface area contributed by atoms with Crippen molar-refractivity contribution in [2.24, 2.45) is 0 Å². The van der Waals surface area contributed by atoms with Gasteiger partial charge < -0.3 is 10.1 Å². The van der Waals surface area contributed by atoms with Crippen LogP contribution in [0.2, 0.25) is 5.02 Å². The Kier molecular flexibility index (Phi) is 6.13. The van der Waals surface area contributed by atoms with E-state index in [1.165, 1.54) is 10.4 Å². The topological polar surface area (TPSA) is 75.7 Å². The van der Waals surface area contributed by atoms with Crippen molar-refractivity contribution in [2.75, 3.05) is 16.2 Å². The molecule has 166 valence electrons. The molecule has 0 fully saturated rings. The van der Waals surface area contributed by atoms with Crippen LogP contribution in [-0.4, -0.2) is 27.0 Å². The average molecular weight is 471 g/mol. The van der Waals surface area contributed by atoms with Gasteiger partial charge in [0.05, 0.1) is 17.1 Å². The number of benzene rings is 3. The molecule has 1 N–H and O–H groups in total. The Morgan fingerprint density at radius 3 is 2.56 bits per heavy atom. The summed E-state index contributed by atoms with van der Waals surface area (Å²) in [6.07, 6.45) is -0.286. The summed E-state index contributed by atoms with van der Waals surface area (Å²) in [6, 6.07) is 18.8. The molecule has 0 aromatic heterocycles. The number of hydrogen-bond donors (Lipinski definition) is 1. The number of fused-ring (bicyclic) bond motifs is 1. The van der Waals surface area contributed by atoms with Crippen molar-refractivity contribution in [1.82, 2.24) is 0 Å². The van der Waals surface area contributed by atoms with Crippen molar-refractivity contribution >= 4 is 38.9 Å². The summed E-state index contributed by atoms with van der Waals surface area (Å²) in [4.78, 5) is 13.2. The number of hydrogen-bond acceptors (Lipinski definition) is 4. The first-order chi connectivity index (χ1) is 15.3. The summed E-state index contributed by atoms with van der Waals surface area (Å²) in [5, 5.41) is 3.25. The highest BCUT2D eigenvalue weighted by atomic mass is 35.5. The zero-order valence-electron chi connectivity index (χ0n) is 17.7. The summed E-state index contributed by atoms with van der Waals surface area (Å²) in [5.74, 6) is -0.143. The molecule has 8 heteroatoms. The van der Waals surface area contributed by atoms with Gasteiger partial charge >= 0.3 is 0 Å². The molecular weight excluding hydrogens is 448 g/mol. The lowest BCUT2D eigenvalue weighted by atomic mass is 10.1. The lowest BCUT2D eigenvalue weighted by Gasteiger charge is -2.35. The fourth-order valence-electron chi connectivity index (χ4n) is 3.59. The molecule has 3 aromatic carbocycles. The zero-order chi connectivity index (χ0) is 22.9. The lowest BCUT2D eigenvalue weighted by molar-refractivity contribution is -0.122. The molecule has 1 amide bonds. The molecule has 0 radical (unpaired) electrons. The number of nitrogens with zero attached hydrogens (tertiary/aromatic N) is 1. The predicted octanol–water partition coefficient (Wildman–Crippen LogP) is 4.81. The van der Waals surface area contributed by atoms with E-state index in [9.17, 15) is 13.2 Å². The predicted molar refractivity (Wildman–Crippen MR) is 126 cm³/mol. The molecule has 6 nitrogen and oxygen atoms in total. The van der Waals surface area contributed by atoms with Crippen molar-refractivity contribution < 1.29 is 17.9 Å². The number of sulfonamides is 1. The second-order valence-electron chi connectivity index (χ2n) is 7.57. The van der Waals surface area contributed by atoms with Crippen molar-refractivity contribution in [3.8, 4) is 5.75 Å². The number of anilines is 2. The standard InChI is InChI=1S/C24H23ClN2O4S/c1-3-17-6-4-5-7-20(17)26-24(28)23-15-27(21-14-18(25)10-13-22(21)31-23)32(29,30)19-11-8-16(2)9-12-19/h4-14,23H,3,15H2,1-2H3,(H,26,28). The molecule has 3 aromatic rings. The van der Waals surface area contributed by atoms with Crippen molar-refractivity contribution in [1.29, 1.82) is 0 Å². The van der Waals surface area contributed by atoms with Gasteiger partial charge in [-0.15, -0.1) is 0 Å². The van der Waals surface area contributed by atoms with Gasteiger partial charge in [0.1, 0.15) is 5.75 Å². The minimum atomic E-state index is -3.95. The van der Waals surface area contributed by atoms with Crippen LogP contribution in [0.3, 0.4) is 0 Å². The molecule has 0 bridgehead atoms. The maximum Gasteiger partial charge on any atom is 0.267 e. The molecule has 0 saturated heterocycles. The third-order valence-corrected chi connectivity index (χ3v) is 7.38. The summed E-state index contributed by atoms with van der Waals surface area (Å²) in [5.41, 5.74) is 2.91. The largest absolute Gasteiger partial charge is 0.476 e. The highest BCUT2D eigenvalue weighted by Gasteiger charge is 2.38. The normalized spacial score (nSPS) is 15.6. The number of halogens is 1. The van der Waals surface area contributed by atoms with E-state index >= 15 is 0 Å². The average Bonchev–Trinajstić information content (AvgIpc) is 2.79. The van der Waals surface area contributed by atoms with E-state index in [0.717, 1.165) is 17.5 Å². The van der Waals surface area contributed by atoms with Crippen LogP contribution in [0.25, 0.3) is 0 Å². The molecule has 1 aliphatic heterocycles. The van der Waals surface area contributed by atoms with Crippen LogP contribution in [-0.2, 0) is 21.2 Å². The lowest BCUT2D eigenvalue weighted by Crippen LogP contribution is -2.48. The SMILES string of the molecule is CCc1ccccc1NC(=O)C1CN(S(=O)(=O)c2ccc(C)cc2)c2cc(Cl)ccc2O1. The number of rotatable bonds is 5. The highest BCUT2D eigenvalue weighted by Crippen LogP contribution is 2.39. The third-order valence-electron chi connectivity index (χ3n) is 5.35. The quantitative estimate of drug-likeness (QED) is 0.580. The Morgan fingerprint density at radius 1 is 1.12 bits per heavy atom. The second kappa shape index (κ2) is 8.84. The molecule has 1 aliphatic rings. The van der Waals surface area contributed by atoms with Gasteiger partial charge in [-0.1, -0.05) is 54.4 Å². The van der Waals surface area contributed by atoms with Crippen LogP contribution in [0.4, 0.5) is 11.4 Å². The number of ether oxygens (including phenoxy) is 1. The summed E-state index contributed by atoms with van der Waals surface area (Å²) in [7, 11) is -3.95. The molecule has 4 rings (SSSR count). The maximum absolute atomic E-state index is 13.5. The Hall–Kier alpha value is -3.03. The Labute approximate surface area is 192 Å². The van der Waals surface area contributed by atoms with E-state index in [4.69, 9.17) is 16.3 Å². The fourth-order valence-corrected chi connectivity index (χ4v) is 5.22. The van der Waals surface area contributed by atoms with Gasteiger partial charge in [-0.25, -0.2) is 8.42 Å². The number of amides is 1. The van der Waals surface area contributed by atoms with E-state index in [1.807, 2.05) is 38.1 Å². The molecular formula is C24H23ClN2O4S. The van der Waals surface area contributed by atoms with Crippen LogP contribution in [0, 0.1) is 6.92 Å². The summed E-state index contributed by atoms with van der Waals surface area (Å²) in [6.45, 7) is 3.70. The van der Waals surface area contributed by atoms with Crippen LogP contribution in [0.1, 0.15) is 18.1 Å². The summed E-state index contributed by atoms with van der Waals surface area (Å²) >= 11 is 6.14. The molecule has 1 unspecified atom stereocenters. The number of aryl methyl sites for hydroxylation is 2. The van der Waals surface area contributed by atoms with Crippen LogP contribution in [0.15, 0.2) is 71.6 Å². The molecule has 0 spiro atoms. The van der Waals surface area contributed by atoms with E-state index in [1.54, 1.807) is 36.4 Å². The van der Waals surface area contributed by atoms with Crippen LogP contribution >= 0.6 is 11.6 Å². The van der Waals surface area contributed by atoms with Gasteiger partial charge in [0.15, 0.2) is 6.10 Å². The van der Waals surface area contributed by atoms with Gasteiger partial charge in [0.25, 0.3) is 15.9 Å². The van der Waals surface area contributed by atoms with Gasteiger partial charge in [-0.05, 0) is 55.3 Å². The van der Waals surface area contributed by atoms with Crippen molar-refractivity contribution in [2.45, 2.75) is 31.3 Å². The van der Waals surface area contributed by atoms with Gasteiger partial charge in [-0.2, -0.15) is 0 Å². The number of para-hydroxylation sites is 1. The van der Waals surface area contributed by atoms with Crippen LogP contribution in [0.5, 0.6) is 5.75 Å². The molecule has 1 atom stereocenters. The first kappa shape index (κ1) is 22.2. The van der Waals surface area contributed by atoms with Crippen molar-refractivity contribution in [3.05, 3.63) is 82.9 Å². The highest BCUT2D eigenvalue weighted by molar-refractivity contribution is 7.92. The maximum atomic E-state index is 13.5. The third kappa shape index (κ3) is 4.31. The second-order valence-corrected chi connectivity index (χ2v) is 9.87. The van der Waals surface area contributed by atoms with E-state index in [0.29, 0.717) is 16.4 Å². The smallest absolute Gasteiger partial charge is 0.267 e. The molecule has 0 saturated carbocycles. The molecule has 1 heterocycles. The number of carbonyl (C=O) groups is 1. The molecule has 32 heavy (non-hydrogen) atoms. The minimum absolute atomic E-state index is 0.131. The van der Waals surface area contributed by atoms with E-state index in [-0.39, 0.29) is 17.2 Å². The first-order valence-electron chi connectivity index (χ1n) is 10.2. The molecule has 0 aliphatic carbocycles. The van der Waals surface area contributed by atoms with E-state index in [2.05, 4.69) is 5.32 Å². The number of carbonyl (C=O) groups excluding carboxylic acids is 1. The minimum Gasteiger partial charge on any atom is -0.476 e. The fraction of sp³-hybridized carbons (Fsp3) is 0.208. The first-order valence-corrected chi connectivity index (χ1v) is 12.1. The Balaban J connectivity index is 1.70. The van der Waals surface area contributed by atoms with Crippen LogP contribution < -0.4 is 14.4 Å². The van der Waals surface area contributed by atoms with Crippen molar-refractivity contribution in [3.63, 3.8) is 0 Å². The number of nitrogens with one attached hydrogen (secondary N) is 1. The van der Waals surface area contributed by atoms with Gasteiger partial charge in [-0.3, -0.25) is 9.10 Å². The van der Waals surface area contributed by atoms with E-state index < -0.39 is 22.0 Å². The summed E-state index contributed by atoms with van der Waals surface area (Å²) < 4.78 is 34.1. The Bertz CT molecular complexity index is 1260. The Morgan fingerprint density at radius 2 is 1.84 bits per heavy atom. The monoisotopic (exact) mass is 470 g/mol.